The highest BCUT2D eigenvalue weighted by Crippen LogP contribution is 2.24. The largest absolute Gasteiger partial charge is 0.366 e. The van der Waals surface area contributed by atoms with E-state index in [1.807, 2.05) is 15.9 Å². The van der Waals surface area contributed by atoms with Crippen molar-refractivity contribution in [1.29, 1.82) is 0 Å². The third kappa shape index (κ3) is 2.71. The summed E-state index contributed by atoms with van der Waals surface area (Å²) in [4.78, 5) is 22.0. The van der Waals surface area contributed by atoms with Gasteiger partial charge in [0.15, 0.2) is 5.82 Å². The van der Waals surface area contributed by atoms with Crippen LogP contribution in [0, 0.1) is 5.82 Å². The fraction of sp³-hybridized carbons (Fsp3) is 0.286. The molecule has 1 aliphatic heterocycles. The highest BCUT2D eigenvalue weighted by molar-refractivity contribution is 6.32. The first-order chi connectivity index (χ1) is 10.2. The van der Waals surface area contributed by atoms with Crippen molar-refractivity contribution >= 4 is 23.1 Å². The van der Waals surface area contributed by atoms with Crippen LogP contribution in [0.4, 0.5) is 15.9 Å². The lowest BCUT2D eigenvalue weighted by atomic mass is 10.2. The number of anilines is 2. The Morgan fingerprint density at radius 2 is 1.81 bits per heavy atom. The minimum absolute atomic E-state index is 0.0943. The van der Waals surface area contributed by atoms with Gasteiger partial charge in [-0.3, -0.25) is 4.79 Å². The van der Waals surface area contributed by atoms with E-state index in [-0.39, 0.29) is 16.4 Å². The molecule has 0 saturated carbocycles. The molecule has 1 saturated heterocycles. The maximum Gasteiger partial charge on any atom is 0.271 e. The first-order valence-electron chi connectivity index (χ1n) is 6.64. The zero-order valence-electron chi connectivity index (χ0n) is 11.2. The van der Waals surface area contributed by atoms with Crippen LogP contribution in [-0.4, -0.2) is 36.1 Å². The van der Waals surface area contributed by atoms with Crippen molar-refractivity contribution in [2.24, 2.45) is 0 Å². The molecule has 2 heterocycles. The molecular weight excluding hydrogens is 295 g/mol. The van der Waals surface area contributed by atoms with Crippen LogP contribution in [0.25, 0.3) is 0 Å². The number of hydrogen-bond donors (Lipinski definition) is 1. The molecule has 0 unspecified atom stereocenters. The highest BCUT2D eigenvalue weighted by Gasteiger charge is 2.22. The van der Waals surface area contributed by atoms with Crippen LogP contribution < -0.4 is 15.4 Å². The molecule has 110 valence electrons. The van der Waals surface area contributed by atoms with Crippen molar-refractivity contribution in [2.75, 3.05) is 36.0 Å². The molecular formula is C14H14ClFN4O. The van der Waals surface area contributed by atoms with E-state index in [1.165, 1.54) is 12.4 Å². The second kappa shape index (κ2) is 5.73. The van der Waals surface area contributed by atoms with Crippen LogP contribution in [0.15, 0.2) is 35.4 Å². The summed E-state index contributed by atoms with van der Waals surface area (Å²) in [5.74, 6) is 0.256. The van der Waals surface area contributed by atoms with E-state index in [1.54, 1.807) is 12.1 Å². The lowest BCUT2D eigenvalue weighted by Crippen LogP contribution is -2.47. The van der Waals surface area contributed by atoms with E-state index in [2.05, 4.69) is 9.97 Å². The monoisotopic (exact) mass is 308 g/mol. The molecule has 0 radical (unpaired) electrons. The van der Waals surface area contributed by atoms with Gasteiger partial charge in [-0.05, 0) is 12.1 Å². The average molecular weight is 309 g/mol. The molecule has 1 N–H and O–H groups in total. The molecule has 5 nitrogen and oxygen atoms in total. The minimum Gasteiger partial charge on any atom is -0.366 e. The first kappa shape index (κ1) is 13.9. The van der Waals surface area contributed by atoms with Crippen molar-refractivity contribution in [2.45, 2.75) is 0 Å². The zero-order valence-corrected chi connectivity index (χ0v) is 12.0. The summed E-state index contributed by atoms with van der Waals surface area (Å²) >= 11 is 5.98. The third-order valence-electron chi connectivity index (χ3n) is 3.55. The van der Waals surface area contributed by atoms with E-state index in [0.717, 1.165) is 0 Å². The second-order valence-electron chi connectivity index (χ2n) is 4.79. The molecule has 1 aromatic carbocycles. The number of aromatic amines is 1. The molecule has 3 rings (SSSR count). The van der Waals surface area contributed by atoms with Gasteiger partial charge < -0.3 is 14.8 Å². The van der Waals surface area contributed by atoms with E-state index in [4.69, 9.17) is 11.6 Å². The van der Waals surface area contributed by atoms with Gasteiger partial charge in [0, 0.05) is 26.2 Å². The van der Waals surface area contributed by atoms with Gasteiger partial charge in [0.1, 0.15) is 10.8 Å². The standard InChI is InChI=1S/C14H14ClFN4O/c15-12-13(17-9-18-14(12)21)20-7-5-19(6-8-20)11-4-2-1-3-10(11)16/h1-4,9H,5-8H2,(H,17,18,21). The summed E-state index contributed by atoms with van der Waals surface area (Å²) in [6, 6.07) is 6.72. The number of hydrogen-bond acceptors (Lipinski definition) is 4. The van der Waals surface area contributed by atoms with Gasteiger partial charge >= 0.3 is 0 Å². The van der Waals surface area contributed by atoms with Crippen molar-refractivity contribution in [3.05, 3.63) is 51.8 Å². The van der Waals surface area contributed by atoms with E-state index in [9.17, 15) is 9.18 Å². The van der Waals surface area contributed by atoms with E-state index >= 15 is 0 Å². The number of benzene rings is 1. The Labute approximate surface area is 126 Å². The highest BCUT2D eigenvalue weighted by atomic mass is 35.5. The van der Waals surface area contributed by atoms with Gasteiger partial charge in [-0.15, -0.1) is 0 Å². The van der Waals surface area contributed by atoms with Gasteiger partial charge in [0.25, 0.3) is 5.56 Å². The number of para-hydroxylation sites is 1. The Balaban J connectivity index is 1.75. The maximum atomic E-state index is 13.8. The fourth-order valence-corrected chi connectivity index (χ4v) is 2.68. The van der Waals surface area contributed by atoms with Crippen molar-refractivity contribution in [3.63, 3.8) is 0 Å². The van der Waals surface area contributed by atoms with Crippen molar-refractivity contribution in [3.8, 4) is 0 Å². The van der Waals surface area contributed by atoms with E-state index < -0.39 is 0 Å². The topological polar surface area (TPSA) is 52.2 Å². The van der Waals surface area contributed by atoms with Gasteiger partial charge in [-0.25, -0.2) is 9.37 Å². The smallest absolute Gasteiger partial charge is 0.271 e. The number of nitrogens with zero attached hydrogens (tertiary/aromatic N) is 3. The number of piperazine rings is 1. The lowest BCUT2D eigenvalue weighted by Gasteiger charge is -2.36. The number of halogens is 2. The Hall–Kier alpha value is -2.08. The Bertz CT molecular complexity index is 697. The predicted molar refractivity (Wildman–Crippen MR) is 80.7 cm³/mol. The van der Waals surface area contributed by atoms with Crippen molar-refractivity contribution in [1.82, 2.24) is 9.97 Å². The van der Waals surface area contributed by atoms with Crippen LogP contribution in [0.2, 0.25) is 5.02 Å². The molecule has 7 heteroatoms. The molecule has 0 spiro atoms. The molecule has 0 atom stereocenters. The molecule has 2 aromatic rings. The number of aromatic nitrogens is 2. The number of H-pyrrole nitrogens is 1. The van der Waals surface area contributed by atoms with Crippen LogP contribution in [0.3, 0.4) is 0 Å². The molecule has 0 bridgehead atoms. The zero-order chi connectivity index (χ0) is 14.8. The number of rotatable bonds is 2. The van der Waals surface area contributed by atoms with Gasteiger partial charge in [0.05, 0.1) is 12.0 Å². The van der Waals surface area contributed by atoms with Gasteiger partial charge in [-0.2, -0.15) is 0 Å². The normalized spacial score (nSPS) is 15.3. The maximum absolute atomic E-state index is 13.8. The summed E-state index contributed by atoms with van der Waals surface area (Å²) in [7, 11) is 0. The average Bonchev–Trinajstić information content (AvgIpc) is 2.51. The molecule has 1 aliphatic rings. The predicted octanol–water partition coefficient (Wildman–Crippen LogP) is 1.89. The third-order valence-corrected chi connectivity index (χ3v) is 3.89. The molecule has 0 aliphatic carbocycles. The summed E-state index contributed by atoms with van der Waals surface area (Å²) in [6.07, 6.45) is 1.34. The summed E-state index contributed by atoms with van der Waals surface area (Å²) in [5, 5.41) is 0.0943. The fourth-order valence-electron chi connectivity index (χ4n) is 2.46. The van der Waals surface area contributed by atoms with Crippen molar-refractivity contribution < 1.29 is 4.39 Å². The Morgan fingerprint density at radius 3 is 2.52 bits per heavy atom. The van der Waals surface area contributed by atoms with E-state index in [0.29, 0.717) is 37.7 Å². The Morgan fingerprint density at radius 1 is 1.14 bits per heavy atom. The first-order valence-corrected chi connectivity index (χ1v) is 7.02. The number of nitrogens with one attached hydrogen (secondary N) is 1. The van der Waals surface area contributed by atoms with Crippen LogP contribution in [-0.2, 0) is 0 Å². The minimum atomic E-state index is -0.349. The molecule has 1 aromatic heterocycles. The SMILES string of the molecule is O=c1[nH]cnc(N2CCN(c3ccccc3F)CC2)c1Cl. The lowest BCUT2D eigenvalue weighted by molar-refractivity contribution is 0.596. The second-order valence-corrected chi connectivity index (χ2v) is 5.17. The summed E-state index contributed by atoms with van der Waals surface area (Å²) in [6.45, 7) is 2.55. The molecule has 0 amide bonds. The molecule has 1 fully saturated rings. The van der Waals surface area contributed by atoms with Gasteiger partial charge in [0.2, 0.25) is 0 Å². The quantitative estimate of drug-likeness (QED) is 0.920. The van der Waals surface area contributed by atoms with Crippen LogP contribution in [0.1, 0.15) is 0 Å². The Kier molecular flexibility index (Phi) is 3.79. The van der Waals surface area contributed by atoms with Crippen LogP contribution in [0.5, 0.6) is 0 Å². The summed E-state index contributed by atoms with van der Waals surface area (Å²) < 4.78 is 13.8. The summed E-state index contributed by atoms with van der Waals surface area (Å²) in [5.41, 5.74) is 0.250. The van der Waals surface area contributed by atoms with Crippen LogP contribution >= 0.6 is 11.6 Å². The van der Waals surface area contributed by atoms with Gasteiger partial charge in [-0.1, -0.05) is 23.7 Å². The molecule has 21 heavy (non-hydrogen) atoms.